The molecule has 96 valence electrons. The Morgan fingerprint density at radius 2 is 2.12 bits per heavy atom. The van der Waals surface area contributed by atoms with Crippen molar-refractivity contribution in [3.05, 3.63) is 5.01 Å². The topological polar surface area (TPSA) is 66.9 Å². The van der Waals surface area contributed by atoms with E-state index in [4.69, 9.17) is 0 Å². The SMILES string of the molecule is CCCCNC(=O)Nc1nnc(C(F)(F)F)s1. The van der Waals surface area contributed by atoms with Gasteiger partial charge >= 0.3 is 12.2 Å². The minimum atomic E-state index is -4.53. The van der Waals surface area contributed by atoms with Crippen LogP contribution in [0.15, 0.2) is 0 Å². The number of hydrogen-bond acceptors (Lipinski definition) is 4. The lowest BCUT2D eigenvalue weighted by atomic mass is 10.3. The smallest absolute Gasteiger partial charge is 0.338 e. The van der Waals surface area contributed by atoms with E-state index in [1.165, 1.54) is 0 Å². The lowest BCUT2D eigenvalue weighted by Crippen LogP contribution is -2.29. The van der Waals surface area contributed by atoms with Crippen molar-refractivity contribution in [3.63, 3.8) is 0 Å². The average molecular weight is 268 g/mol. The lowest BCUT2D eigenvalue weighted by Gasteiger charge is -2.03. The number of alkyl halides is 3. The van der Waals surface area contributed by atoms with Gasteiger partial charge in [0.2, 0.25) is 10.1 Å². The lowest BCUT2D eigenvalue weighted by molar-refractivity contribution is -0.138. The first-order chi connectivity index (χ1) is 7.93. The highest BCUT2D eigenvalue weighted by Crippen LogP contribution is 2.32. The molecule has 0 bridgehead atoms. The number of rotatable bonds is 4. The van der Waals surface area contributed by atoms with Crippen molar-refractivity contribution in [2.24, 2.45) is 0 Å². The molecular formula is C8H11F3N4OS. The standard InChI is InChI=1S/C8H11F3N4OS/c1-2-3-4-12-6(16)13-7-15-14-5(17-7)8(9,10)11/h2-4H2,1H3,(H2,12,13,15,16). The van der Waals surface area contributed by atoms with Gasteiger partial charge < -0.3 is 5.32 Å². The summed E-state index contributed by atoms with van der Waals surface area (Å²) >= 11 is 0.288. The Morgan fingerprint density at radius 3 is 2.65 bits per heavy atom. The van der Waals surface area contributed by atoms with E-state index in [9.17, 15) is 18.0 Å². The van der Waals surface area contributed by atoms with Gasteiger partial charge in [0.15, 0.2) is 0 Å². The van der Waals surface area contributed by atoms with Crippen LogP contribution in [0.2, 0.25) is 0 Å². The molecular weight excluding hydrogens is 257 g/mol. The third-order valence-corrected chi connectivity index (χ3v) is 2.59. The molecule has 0 saturated heterocycles. The van der Waals surface area contributed by atoms with Crippen molar-refractivity contribution in [2.45, 2.75) is 25.9 Å². The molecule has 0 spiro atoms. The number of hydrogen-bond donors (Lipinski definition) is 2. The Kier molecular flexibility index (Phi) is 4.67. The summed E-state index contributed by atoms with van der Waals surface area (Å²) in [6.07, 6.45) is -2.81. The Morgan fingerprint density at radius 1 is 1.41 bits per heavy atom. The van der Waals surface area contributed by atoms with Crippen LogP contribution in [0.4, 0.5) is 23.1 Å². The van der Waals surface area contributed by atoms with Gasteiger partial charge in [0, 0.05) is 6.54 Å². The second kappa shape index (κ2) is 5.80. The number of nitrogens with one attached hydrogen (secondary N) is 2. The Labute approximate surface area is 99.4 Å². The fraction of sp³-hybridized carbons (Fsp3) is 0.625. The van der Waals surface area contributed by atoms with Crippen LogP contribution in [0.3, 0.4) is 0 Å². The summed E-state index contributed by atoms with van der Waals surface area (Å²) in [5, 5.41) is 9.58. The molecule has 1 heterocycles. The highest BCUT2D eigenvalue weighted by atomic mass is 32.1. The third-order valence-electron chi connectivity index (χ3n) is 1.70. The molecule has 5 nitrogen and oxygen atoms in total. The zero-order chi connectivity index (χ0) is 12.9. The quantitative estimate of drug-likeness (QED) is 0.824. The first-order valence-electron chi connectivity index (χ1n) is 4.89. The van der Waals surface area contributed by atoms with Gasteiger partial charge in [-0.3, -0.25) is 5.32 Å². The molecule has 0 radical (unpaired) electrons. The van der Waals surface area contributed by atoms with E-state index in [2.05, 4.69) is 20.8 Å². The molecule has 1 aromatic heterocycles. The number of carbonyl (C=O) groups excluding carboxylic acids is 1. The third kappa shape index (κ3) is 4.55. The number of amides is 2. The molecule has 0 saturated carbocycles. The number of halogens is 3. The number of carbonyl (C=O) groups is 1. The van der Waals surface area contributed by atoms with Crippen LogP contribution >= 0.6 is 11.3 Å². The van der Waals surface area contributed by atoms with Crippen molar-refractivity contribution < 1.29 is 18.0 Å². The van der Waals surface area contributed by atoms with E-state index in [0.717, 1.165) is 12.8 Å². The summed E-state index contributed by atoms with van der Waals surface area (Å²) in [6.45, 7) is 2.42. The van der Waals surface area contributed by atoms with Crippen LogP contribution in [-0.4, -0.2) is 22.8 Å². The molecule has 1 aromatic rings. The zero-order valence-electron chi connectivity index (χ0n) is 8.97. The molecule has 2 amide bonds. The summed E-state index contributed by atoms with van der Waals surface area (Å²) in [5.74, 6) is 0. The second-order valence-corrected chi connectivity index (χ2v) is 4.12. The number of nitrogens with zero attached hydrogens (tertiary/aromatic N) is 2. The monoisotopic (exact) mass is 268 g/mol. The fourth-order valence-corrected chi connectivity index (χ4v) is 1.51. The molecule has 9 heteroatoms. The number of anilines is 1. The van der Waals surface area contributed by atoms with Crippen molar-refractivity contribution in [3.8, 4) is 0 Å². The first kappa shape index (κ1) is 13.7. The maximum absolute atomic E-state index is 12.2. The summed E-state index contributed by atoms with van der Waals surface area (Å²) in [7, 11) is 0. The van der Waals surface area contributed by atoms with Gasteiger partial charge in [0.1, 0.15) is 0 Å². The number of aromatic nitrogens is 2. The maximum Gasteiger partial charge on any atom is 0.445 e. The largest absolute Gasteiger partial charge is 0.445 e. The van der Waals surface area contributed by atoms with Gasteiger partial charge in [0.05, 0.1) is 0 Å². The summed E-state index contributed by atoms with van der Waals surface area (Å²) in [5.41, 5.74) is 0. The first-order valence-corrected chi connectivity index (χ1v) is 5.70. The predicted octanol–water partition coefficient (Wildman–Crippen LogP) is 2.48. The van der Waals surface area contributed by atoms with Gasteiger partial charge in [-0.25, -0.2) is 4.79 Å². The number of unbranched alkanes of at least 4 members (excludes halogenated alkanes) is 1. The highest BCUT2D eigenvalue weighted by Gasteiger charge is 2.35. The van der Waals surface area contributed by atoms with E-state index in [1.54, 1.807) is 0 Å². The van der Waals surface area contributed by atoms with E-state index >= 15 is 0 Å². The van der Waals surface area contributed by atoms with Gasteiger partial charge in [0.25, 0.3) is 0 Å². The predicted molar refractivity (Wildman–Crippen MR) is 56.8 cm³/mol. The van der Waals surface area contributed by atoms with Crippen molar-refractivity contribution in [2.75, 3.05) is 11.9 Å². The van der Waals surface area contributed by atoms with E-state index in [1.807, 2.05) is 6.92 Å². The Hall–Kier alpha value is -1.38. The molecule has 2 N–H and O–H groups in total. The fourth-order valence-electron chi connectivity index (χ4n) is 0.908. The van der Waals surface area contributed by atoms with Crippen LogP contribution in [0, 0.1) is 0 Å². The van der Waals surface area contributed by atoms with E-state index in [0.29, 0.717) is 6.54 Å². The molecule has 17 heavy (non-hydrogen) atoms. The van der Waals surface area contributed by atoms with Gasteiger partial charge in [-0.05, 0) is 6.42 Å². The van der Waals surface area contributed by atoms with Crippen molar-refractivity contribution in [1.29, 1.82) is 0 Å². The molecule has 0 aliphatic carbocycles. The molecule has 1 rings (SSSR count). The van der Waals surface area contributed by atoms with Gasteiger partial charge in [-0.2, -0.15) is 13.2 Å². The molecule has 0 fully saturated rings. The van der Waals surface area contributed by atoms with E-state index < -0.39 is 17.2 Å². The number of urea groups is 1. The molecule has 0 aliphatic rings. The van der Waals surface area contributed by atoms with Crippen LogP contribution in [0.1, 0.15) is 24.8 Å². The highest BCUT2D eigenvalue weighted by molar-refractivity contribution is 7.15. The molecule has 0 unspecified atom stereocenters. The average Bonchev–Trinajstić information content (AvgIpc) is 2.66. The normalized spacial score (nSPS) is 11.3. The Bertz CT molecular complexity index is 379. The van der Waals surface area contributed by atoms with Gasteiger partial charge in [-0.1, -0.05) is 24.7 Å². The second-order valence-electron chi connectivity index (χ2n) is 3.14. The molecule has 0 atom stereocenters. The van der Waals surface area contributed by atoms with Crippen molar-refractivity contribution >= 4 is 22.5 Å². The van der Waals surface area contributed by atoms with Crippen molar-refractivity contribution in [1.82, 2.24) is 15.5 Å². The van der Waals surface area contributed by atoms with Crippen LogP contribution in [0.25, 0.3) is 0 Å². The van der Waals surface area contributed by atoms with Gasteiger partial charge in [-0.15, -0.1) is 10.2 Å². The summed E-state index contributed by atoms with van der Waals surface area (Å²) in [6, 6.07) is -0.580. The molecule has 0 aliphatic heterocycles. The summed E-state index contributed by atoms with van der Waals surface area (Å²) in [4.78, 5) is 11.2. The minimum absolute atomic E-state index is 0.175. The van der Waals surface area contributed by atoms with E-state index in [-0.39, 0.29) is 16.5 Å². The maximum atomic E-state index is 12.2. The molecule has 0 aromatic carbocycles. The van der Waals surface area contributed by atoms with Crippen LogP contribution < -0.4 is 10.6 Å². The van der Waals surface area contributed by atoms with Crippen LogP contribution in [-0.2, 0) is 6.18 Å². The van der Waals surface area contributed by atoms with Crippen LogP contribution in [0.5, 0.6) is 0 Å². The Balaban J connectivity index is 2.46. The summed E-state index contributed by atoms with van der Waals surface area (Å²) < 4.78 is 36.5. The zero-order valence-corrected chi connectivity index (χ0v) is 9.78. The minimum Gasteiger partial charge on any atom is -0.338 e.